The summed E-state index contributed by atoms with van der Waals surface area (Å²) >= 11 is 3.84. The van der Waals surface area contributed by atoms with Crippen LogP contribution < -0.4 is 34.8 Å². The summed E-state index contributed by atoms with van der Waals surface area (Å²) < 4.78 is 17.9. The summed E-state index contributed by atoms with van der Waals surface area (Å²) in [4.78, 5) is 48.2. The Bertz CT molecular complexity index is 4120. The van der Waals surface area contributed by atoms with E-state index in [2.05, 4.69) is 166 Å². The molecule has 24 heteroatoms. The van der Waals surface area contributed by atoms with Crippen molar-refractivity contribution in [2.75, 3.05) is 83.7 Å². The van der Waals surface area contributed by atoms with Crippen LogP contribution in [0.25, 0.3) is 55.5 Å². The maximum Gasteiger partial charge on any atom is 0.137 e. The molecule has 0 saturated carbocycles. The summed E-state index contributed by atoms with van der Waals surface area (Å²) in [6, 6.07) is 21.2. The van der Waals surface area contributed by atoms with Crippen LogP contribution in [0, 0.1) is 0 Å². The Labute approximate surface area is 536 Å². The molecular formula is C66H85ClN20O2Sn. The number of hydrogen-bond acceptors (Lipinski definition) is 19. The van der Waals surface area contributed by atoms with E-state index in [9.17, 15) is 0 Å². The van der Waals surface area contributed by atoms with Gasteiger partial charge in [-0.05, 0) is 102 Å². The molecule has 0 aliphatic carbocycles. The summed E-state index contributed by atoms with van der Waals surface area (Å²) in [6.07, 6.45) is 12.7. The number of nitrogens with zero attached hydrogens (tertiary/aromatic N) is 16. The van der Waals surface area contributed by atoms with Crippen LogP contribution in [-0.4, -0.2) is 165 Å². The summed E-state index contributed by atoms with van der Waals surface area (Å²) in [7, 11) is 5.88. The third-order valence-electron chi connectivity index (χ3n) is 15.1. The number of nitrogens with one attached hydrogen (secondary N) is 4. The van der Waals surface area contributed by atoms with Crippen LogP contribution in [0.2, 0.25) is 19.8 Å². The van der Waals surface area contributed by atoms with Gasteiger partial charge in [-0.15, -0.1) is 0 Å². The van der Waals surface area contributed by atoms with Crippen LogP contribution in [0.3, 0.4) is 0 Å². The topological polar surface area (TPSA) is 229 Å². The van der Waals surface area contributed by atoms with Crippen LogP contribution in [0.5, 0.6) is 0 Å². The second-order valence-electron chi connectivity index (χ2n) is 24.7. The molecule has 13 heterocycles. The molecule has 3 aliphatic heterocycles. The van der Waals surface area contributed by atoms with Gasteiger partial charge in [-0.1, -0.05) is 11.6 Å². The van der Waals surface area contributed by atoms with Crippen molar-refractivity contribution >= 4 is 107 Å². The van der Waals surface area contributed by atoms with Crippen LogP contribution >= 0.6 is 11.6 Å². The van der Waals surface area contributed by atoms with Crippen molar-refractivity contribution in [2.24, 2.45) is 26.1 Å². The van der Waals surface area contributed by atoms with Crippen molar-refractivity contribution in [3.63, 3.8) is 0 Å². The number of aromatic nitrogens is 13. The van der Waals surface area contributed by atoms with E-state index >= 15 is 0 Å². The largest absolute Gasteiger partial charge is 0.378 e. The standard InChI is InChI=1S/C19H24N6O.C19H23N5O.C15H16ClN5.C10H13N4.3CH3.Sn/c1-13(2)22-19-17-16(5-7-21-19)24(3)23-18(17)15-12-14(4-6-20-15)25-8-10-26-11-9-25;1-13(2)23-19-17-14(3-5-21-19)12-22-18(17)16-11-15(4-6-20-16)24-7-9-25-10-8-24;1-9(2)19-15-13-12(5-7-18-15)21(3)20-14(13)11-8-10(16)4-6-17-11;1-7(2)13-10-8-6-12-14(3)9(8)4-5-11-10;;;;/h4-7,12-13H,8-11H2,1-3H3,(H,21,22);3-6,11,13H,7-10,12H2,1-2H3,(H,21,23);4-9H,1-3H3,(H,18,19);4-5,7H,1-3H3,(H,11,13);3*1H3;. The quantitative estimate of drug-likeness (QED) is 0.0742. The van der Waals surface area contributed by atoms with Gasteiger partial charge in [0.15, 0.2) is 0 Å². The van der Waals surface area contributed by atoms with E-state index in [1.165, 1.54) is 25.9 Å². The molecule has 0 radical (unpaired) electrons. The molecule has 10 aromatic heterocycles. The van der Waals surface area contributed by atoms with Gasteiger partial charge in [-0.3, -0.25) is 29.3 Å². The van der Waals surface area contributed by atoms with Crippen molar-refractivity contribution in [2.45, 2.75) is 101 Å². The van der Waals surface area contributed by atoms with Gasteiger partial charge in [0.05, 0.1) is 77.6 Å². The molecule has 4 N–H and O–H groups in total. The van der Waals surface area contributed by atoms with E-state index in [1.807, 2.05) is 96.5 Å². The van der Waals surface area contributed by atoms with Crippen molar-refractivity contribution < 1.29 is 9.47 Å². The zero-order valence-electron chi connectivity index (χ0n) is 54.3. The van der Waals surface area contributed by atoms with Gasteiger partial charge >= 0.3 is 113 Å². The molecule has 0 unspecified atom stereocenters. The fourth-order valence-electron chi connectivity index (χ4n) is 11.1. The number of halogens is 1. The molecule has 22 nitrogen and oxygen atoms in total. The third kappa shape index (κ3) is 15.2. The minimum absolute atomic E-state index is 0.281. The average Bonchev–Trinajstić information content (AvgIpc) is 1.70. The van der Waals surface area contributed by atoms with E-state index in [4.69, 9.17) is 36.3 Å². The number of fused-ring (bicyclic) bond motifs is 4. The molecule has 2 saturated heterocycles. The maximum atomic E-state index is 6.07. The molecule has 0 amide bonds. The summed E-state index contributed by atoms with van der Waals surface area (Å²) in [5, 5.41) is 31.6. The smallest absolute Gasteiger partial charge is 0.137 e. The Morgan fingerprint density at radius 1 is 0.456 bits per heavy atom. The molecule has 0 aromatic carbocycles. The molecule has 90 heavy (non-hydrogen) atoms. The number of pyridine rings is 7. The van der Waals surface area contributed by atoms with Gasteiger partial charge < -0.3 is 35.2 Å². The first-order valence-electron chi connectivity index (χ1n) is 31.0. The van der Waals surface area contributed by atoms with E-state index in [1.54, 1.807) is 18.5 Å². The molecular weight excluding hydrogens is 1260 g/mol. The molecule has 0 bridgehead atoms. The fourth-order valence-corrected chi connectivity index (χ4v) is 15.3. The first-order chi connectivity index (χ1) is 43.2. The van der Waals surface area contributed by atoms with E-state index in [0.29, 0.717) is 23.7 Å². The van der Waals surface area contributed by atoms with Gasteiger partial charge in [-0.25, -0.2) is 15.0 Å². The van der Waals surface area contributed by atoms with E-state index in [0.717, 1.165) is 143 Å². The zero-order chi connectivity index (χ0) is 63.8. The summed E-state index contributed by atoms with van der Waals surface area (Å²) in [5.41, 5.74) is 12.9. The van der Waals surface area contributed by atoms with Crippen LogP contribution in [-0.2, 0) is 37.2 Å². The molecule has 10 aromatic rings. The molecule has 13 rings (SSSR count). The summed E-state index contributed by atoms with van der Waals surface area (Å²) in [6.45, 7) is 24.2. The van der Waals surface area contributed by atoms with Crippen LogP contribution in [0.15, 0.2) is 109 Å². The maximum absolute atomic E-state index is 6.07. The van der Waals surface area contributed by atoms with Crippen molar-refractivity contribution in [1.82, 2.24) is 64.2 Å². The number of aliphatic imine (C=N–C) groups is 1. The third-order valence-corrected chi connectivity index (χ3v) is 20.4. The van der Waals surface area contributed by atoms with Crippen LogP contribution in [0.1, 0.15) is 72.2 Å². The van der Waals surface area contributed by atoms with Gasteiger partial charge in [0.25, 0.3) is 0 Å². The second kappa shape index (κ2) is 28.8. The predicted molar refractivity (Wildman–Crippen MR) is 369 cm³/mol. The molecule has 0 spiro atoms. The Balaban J connectivity index is 0.000000133. The minimum Gasteiger partial charge on any atom is -0.378 e. The van der Waals surface area contributed by atoms with Crippen LogP contribution in [0.4, 0.5) is 34.6 Å². The second-order valence-corrected chi connectivity index (χ2v) is 39.4. The monoisotopic (exact) mass is 1340 g/mol. The van der Waals surface area contributed by atoms with E-state index in [-0.39, 0.29) is 12.1 Å². The molecule has 472 valence electrons. The fraction of sp³-hybridized carbons (Fsp3) is 0.409. The van der Waals surface area contributed by atoms with Gasteiger partial charge in [0.1, 0.15) is 28.8 Å². The number of hydrogen-bond donors (Lipinski definition) is 4. The number of ether oxygens (including phenoxy) is 2. The Morgan fingerprint density at radius 2 is 0.844 bits per heavy atom. The van der Waals surface area contributed by atoms with E-state index < -0.39 is 18.4 Å². The normalized spacial score (nSPS) is 14.1. The molecule has 3 aliphatic rings. The van der Waals surface area contributed by atoms with Gasteiger partial charge in [-0.2, -0.15) is 10.2 Å². The SMILES string of the molecule is CC(C)Nc1nccc2c1C(c1cc(N3CCOCC3)ccn1)=NC2.CC(C)Nc1nccc2c1[c]([Sn]([CH3])([CH3])[CH3])nn2C.CC(C)Nc1nccc2c1c(-c1cc(Cl)ccn1)nn2C.CC(C)Nc1nccc2c1c(-c1cc(N3CCOCC3)ccn1)nn2C. The first-order valence-corrected chi connectivity index (χ1v) is 41.3. The number of rotatable bonds is 14. The number of morpholine rings is 2. The Kier molecular flexibility index (Phi) is 20.8. The predicted octanol–water partition coefficient (Wildman–Crippen LogP) is 11.0. The summed E-state index contributed by atoms with van der Waals surface area (Å²) in [5.74, 6) is 3.53. The van der Waals surface area contributed by atoms with Gasteiger partial charge in [0, 0.05) is 118 Å². The molecule has 2 fully saturated rings. The Hall–Kier alpha value is -8.06. The van der Waals surface area contributed by atoms with Crippen molar-refractivity contribution in [1.29, 1.82) is 0 Å². The molecule has 0 atom stereocenters. The number of aryl methyl sites for hydroxylation is 3. The number of anilines is 6. The van der Waals surface area contributed by atoms with Gasteiger partial charge in [0.2, 0.25) is 0 Å². The zero-order valence-corrected chi connectivity index (χ0v) is 57.9. The minimum atomic E-state index is -2.23. The Morgan fingerprint density at radius 3 is 1.32 bits per heavy atom. The average molecular weight is 1340 g/mol. The van der Waals surface area contributed by atoms with Crippen molar-refractivity contribution in [3.8, 4) is 22.8 Å². The van der Waals surface area contributed by atoms with Crippen molar-refractivity contribution in [3.05, 3.63) is 126 Å². The first kappa shape index (κ1) is 64.9.